The summed E-state index contributed by atoms with van der Waals surface area (Å²) in [5.74, 6) is -5.27. The van der Waals surface area contributed by atoms with Crippen LogP contribution in [0.15, 0.2) is 60.7 Å². The van der Waals surface area contributed by atoms with Gasteiger partial charge in [0.05, 0.1) is 11.1 Å². The van der Waals surface area contributed by atoms with Crippen molar-refractivity contribution in [2.75, 3.05) is 0 Å². The lowest BCUT2D eigenvalue weighted by Gasteiger charge is -2.14. The van der Waals surface area contributed by atoms with E-state index in [1.54, 1.807) is 12.1 Å². The Hall–Kier alpha value is -3.36. The first kappa shape index (κ1) is 19.0. The van der Waals surface area contributed by atoms with Gasteiger partial charge in [0.15, 0.2) is 12.2 Å². The second-order valence-electron chi connectivity index (χ2n) is 5.04. The Bertz CT molecular complexity index is 731. The summed E-state index contributed by atoms with van der Waals surface area (Å²) >= 11 is 0. The smallest absolute Gasteiger partial charge is 0.346 e. The standard InChI is InChI=1S/C18H14O8/c19-13(17(23)25-15(21)11-7-3-1-4-8-11)14(20)18(24)26-16(22)12-9-5-2-6-10-12/h1-10,13-14,19-20H/t13-,14-/m1/s1. The molecule has 0 saturated carbocycles. The minimum Gasteiger partial charge on any atom is -0.387 e. The van der Waals surface area contributed by atoms with Gasteiger partial charge >= 0.3 is 23.9 Å². The van der Waals surface area contributed by atoms with Gasteiger partial charge < -0.3 is 19.7 Å². The monoisotopic (exact) mass is 358 g/mol. The molecule has 26 heavy (non-hydrogen) atoms. The zero-order chi connectivity index (χ0) is 19.1. The van der Waals surface area contributed by atoms with Crippen LogP contribution in [0.5, 0.6) is 0 Å². The molecule has 2 aromatic rings. The number of aliphatic hydroxyl groups is 2. The number of ether oxygens (including phenoxy) is 2. The lowest BCUT2D eigenvalue weighted by atomic mass is 10.2. The maximum absolute atomic E-state index is 11.7. The van der Waals surface area contributed by atoms with Crippen LogP contribution in [-0.4, -0.2) is 46.3 Å². The van der Waals surface area contributed by atoms with Crippen molar-refractivity contribution in [1.29, 1.82) is 0 Å². The van der Waals surface area contributed by atoms with E-state index in [4.69, 9.17) is 0 Å². The van der Waals surface area contributed by atoms with Gasteiger partial charge in [-0.05, 0) is 24.3 Å². The quantitative estimate of drug-likeness (QED) is 0.583. The number of benzene rings is 2. The minimum atomic E-state index is -2.40. The Labute approximate surface area is 147 Å². The van der Waals surface area contributed by atoms with E-state index in [1.165, 1.54) is 48.5 Å². The molecule has 2 atom stereocenters. The molecule has 134 valence electrons. The van der Waals surface area contributed by atoms with Gasteiger partial charge in [0.25, 0.3) is 0 Å². The molecule has 0 unspecified atom stereocenters. The van der Waals surface area contributed by atoms with Crippen LogP contribution in [-0.2, 0) is 19.1 Å². The van der Waals surface area contributed by atoms with Gasteiger partial charge in [0.1, 0.15) is 0 Å². The first-order valence-corrected chi connectivity index (χ1v) is 7.38. The van der Waals surface area contributed by atoms with Crippen LogP contribution < -0.4 is 0 Å². The van der Waals surface area contributed by atoms with E-state index in [-0.39, 0.29) is 11.1 Å². The lowest BCUT2D eigenvalue weighted by Crippen LogP contribution is -2.43. The van der Waals surface area contributed by atoms with Gasteiger partial charge in [0, 0.05) is 0 Å². The van der Waals surface area contributed by atoms with E-state index in [1.807, 2.05) is 0 Å². The maximum Gasteiger partial charge on any atom is 0.346 e. The topological polar surface area (TPSA) is 127 Å². The molecule has 2 aromatic carbocycles. The Morgan fingerprint density at radius 2 is 0.923 bits per heavy atom. The van der Waals surface area contributed by atoms with Crippen molar-refractivity contribution in [3.63, 3.8) is 0 Å². The number of hydrogen-bond acceptors (Lipinski definition) is 8. The molecular formula is C18H14O8. The molecular weight excluding hydrogens is 344 g/mol. The van der Waals surface area contributed by atoms with E-state index in [2.05, 4.69) is 9.47 Å². The van der Waals surface area contributed by atoms with E-state index in [9.17, 15) is 29.4 Å². The SMILES string of the molecule is O=C(OC(=O)[C@H](O)[C@@H](O)C(=O)OC(=O)c1ccccc1)c1ccccc1. The van der Waals surface area contributed by atoms with E-state index in [0.29, 0.717) is 0 Å². The summed E-state index contributed by atoms with van der Waals surface area (Å²) in [6.45, 7) is 0. The molecule has 2 N–H and O–H groups in total. The minimum absolute atomic E-state index is 0.0318. The van der Waals surface area contributed by atoms with Gasteiger partial charge in [-0.15, -0.1) is 0 Å². The molecule has 0 aliphatic rings. The summed E-state index contributed by atoms with van der Waals surface area (Å²) in [5, 5.41) is 19.3. The predicted molar refractivity (Wildman–Crippen MR) is 85.7 cm³/mol. The molecule has 0 spiro atoms. The highest BCUT2D eigenvalue weighted by Crippen LogP contribution is 2.07. The molecule has 8 heteroatoms. The number of esters is 4. The van der Waals surface area contributed by atoms with Crippen LogP contribution in [0.1, 0.15) is 20.7 Å². The fourth-order valence-corrected chi connectivity index (χ4v) is 1.83. The van der Waals surface area contributed by atoms with Gasteiger partial charge in [0.2, 0.25) is 0 Å². The Kier molecular flexibility index (Phi) is 6.31. The van der Waals surface area contributed by atoms with Crippen molar-refractivity contribution in [2.24, 2.45) is 0 Å². The van der Waals surface area contributed by atoms with Crippen LogP contribution >= 0.6 is 0 Å². The predicted octanol–water partition coefficient (Wildman–Crippen LogP) is 0.475. The van der Waals surface area contributed by atoms with Crippen molar-refractivity contribution in [2.45, 2.75) is 12.2 Å². The third-order valence-corrected chi connectivity index (χ3v) is 3.19. The van der Waals surface area contributed by atoms with Crippen molar-refractivity contribution in [1.82, 2.24) is 0 Å². The maximum atomic E-state index is 11.7. The normalized spacial score (nSPS) is 12.5. The van der Waals surface area contributed by atoms with Crippen LogP contribution in [0, 0.1) is 0 Å². The third kappa shape index (κ3) is 4.82. The second kappa shape index (κ2) is 8.65. The van der Waals surface area contributed by atoms with Crippen molar-refractivity contribution < 1.29 is 38.9 Å². The highest BCUT2D eigenvalue weighted by Gasteiger charge is 2.35. The summed E-state index contributed by atoms with van der Waals surface area (Å²) in [6, 6.07) is 14.8. The number of rotatable bonds is 5. The lowest BCUT2D eigenvalue weighted by molar-refractivity contribution is -0.166. The summed E-state index contributed by atoms with van der Waals surface area (Å²) in [5.41, 5.74) is 0.0637. The van der Waals surface area contributed by atoms with Crippen LogP contribution in [0.25, 0.3) is 0 Å². The molecule has 0 radical (unpaired) electrons. The molecule has 0 fully saturated rings. The fourth-order valence-electron chi connectivity index (χ4n) is 1.83. The zero-order valence-corrected chi connectivity index (χ0v) is 13.3. The van der Waals surface area contributed by atoms with Crippen molar-refractivity contribution >= 4 is 23.9 Å². The molecule has 8 nitrogen and oxygen atoms in total. The number of hydrogen-bond donors (Lipinski definition) is 2. The zero-order valence-electron chi connectivity index (χ0n) is 13.3. The number of aliphatic hydroxyl groups excluding tert-OH is 2. The highest BCUT2D eigenvalue weighted by molar-refractivity contribution is 6.01. The summed E-state index contributed by atoms with van der Waals surface area (Å²) in [7, 11) is 0. The summed E-state index contributed by atoms with van der Waals surface area (Å²) in [4.78, 5) is 46.8. The fraction of sp³-hybridized carbons (Fsp3) is 0.111. The Balaban J connectivity index is 1.94. The van der Waals surface area contributed by atoms with E-state index in [0.717, 1.165) is 0 Å². The molecule has 2 rings (SSSR count). The molecule has 0 saturated heterocycles. The van der Waals surface area contributed by atoms with Crippen LogP contribution in [0.2, 0.25) is 0 Å². The summed E-state index contributed by atoms with van der Waals surface area (Å²) in [6.07, 6.45) is -4.81. The second-order valence-corrected chi connectivity index (χ2v) is 5.04. The number of carbonyl (C=O) groups excluding carboxylic acids is 4. The molecule has 0 aromatic heterocycles. The first-order valence-electron chi connectivity index (χ1n) is 7.38. The van der Waals surface area contributed by atoms with Crippen LogP contribution in [0.3, 0.4) is 0 Å². The van der Waals surface area contributed by atoms with Gasteiger partial charge in [-0.2, -0.15) is 0 Å². The van der Waals surface area contributed by atoms with Gasteiger partial charge in [-0.1, -0.05) is 36.4 Å². The van der Waals surface area contributed by atoms with Crippen molar-refractivity contribution in [3.8, 4) is 0 Å². The Morgan fingerprint density at radius 1 is 0.615 bits per heavy atom. The first-order chi connectivity index (χ1) is 12.4. The molecule has 0 amide bonds. The average molecular weight is 358 g/mol. The largest absolute Gasteiger partial charge is 0.387 e. The highest BCUT2D eigenvalue weighted by atomic mass is 16.6. The van der Waals surface area contributed by atoms with Gasteiger partial charge in [-0.25, -0.2) is 19.2 Å². The Morgan fingerprint density at radius 3 is 1.23 bits per heavy atom. The number of carbonyl (C=O) groups is 4. The molecule has 0 aliphatic heterocycles. The van der Waals surface area contributed by atoms with E-state index >= 15 is 0 Å². The van der Waals surface area contributed by atoms with E-state index < -0.39 is 36.1 Å². The average Bonchev–Trinajstić information content (AvgIpc) is 2.67. The van der Waals surface area contributed by atoms with Crippen molar-refractivity contribution in [3.05, 3.63) is 71.8 Å². The molecule has 0 heterocycles. The summed E-state index contributed by atoms with van der Waals surface area (Å²) < 4.78 is 8.76. The molecule has 0 bridgehead atoms. The van der Waals surface area contributed by atoms with Crippen LogP contribution in [0.4, 0.5) is 0 Å². The third-order valence-electron chi connectivity index (χ3n) is 3.19. The van der Waals surface area contributed by atoms with Gasteiger partial charge in [-0.3, -0.25) is 0 Å². The molecule has 0 aliphatic carbocycles.